The van der Waals surface area contributed by atoms with Crippen molar-refractivity contribution in [1.82, 2.24) is 9.80 Å². The van der Waals surface area contributed by atoms with Gasteiger partial charge in [-0.15, -0.1) is 0 Å². The molecule has 0 unspecified atom stereocenters. The van der Waals surface area contributed by atoms with Crippen LogP contribution in [0.5, 0.6) is 0 Å². The Morgan fingerprint density at radius 3 is 2.18 bits per heavy atom. The number of rotatable bonds is 5. The maximum absolute atomic E-state index is 15.8. The van der Waals surface area contributed by atoms with Gasteiger partial charge in [0.05, 0.1) is 11.5 Å². The number of carbonyl (C=O) groups excluding carboxylic acids is 1. The van der Waals surface area contributed by atoms with Crippen LogP contribution < -0.4 is 4.90 Å². The first kappa shape index (κ1) is 27.2. The second kappa shape index (κ2) is 10.7. The highest BCUT2D eigenvalue weighted by Gasteiger charge is 2.49. The smallest absolute Gasteiger partial charge is 0.416 e. The highest BCUT2D eigenvalue weighted by molar-refractivity contribution is 5.86. The number of carbonyl (C=O) groups is 2. The second-order valence-electron chi connectivity index (χ2n) is 11.6. The van der Waals surface area contributed by atoms with Crippen LogP contribution in [0.1, 0.15) is 74.8 Å². The quantitative estimate of drug-likeness (QED) is 0.530. The fourth-order valence-corrected chi connectivity index (χ4v) is 6.94. The molecule has 1 N–H and O–H groups in total. The molecule has 1 amide bonds. The van der Waals surface area contributed by atoms with Crippen molar-refractivity contribution in [2.24, 2.45) is 5.92 Å². The largest absolute Gasteiger partial charge is 0.481 e. The topological polar surface area (TPSA) is 64.1 Å². The van der Waals surface area contributed by atoms with Crippen molar-refractivity contribution in [3.05, 3.63) is 29.3 Å². The molecule has 4 fully saturated rings. The highest BCUT2D eigenvalue weighted by atomic mass is 19.4. The van der Waals surface area contributed by atoms with Gasteiger partial charge < -0.3 is 14.9 Å². The number of carboxylic acids is 1. The summed E-state index contributed by atoms with van der Waals surface area (Å²) in [6.07, 6.45) is 2.07. The van der Waals surface area contributed by atoms with Crippen molar-refractivity contribution in [2.75, 3.05) is 44.2 Å². The third kappa shape index (κ3) is 5.51. The maximum Gasteiger partial charge on any atom is 0.416 e. The summed E-state index contributed by atoms with van der Waals surface area (Å²) < 4.78 is 56.4. The lowest BCUT2D eigenvalue weighted by atomic mass is 9.86. The third-order valence-corrected chi connectivity index (χ3v) is 9.24. The van der Waals surface area contributed by atoms with Gasteiger partial charge in [-0.3, -0.25) is 14.5 Å². The SMILES string of the molecule is O=C(O)C1CCN(c2cc(C(F)(F)F)ccc2C2CCN(C(=O)[C@@]3(F)CCN(C4CCCC4)C3)CC2)CC1. The molecule has 0 aromatic heterocycles. The molecule has 1 aromatic carbocycles. The van der Waals surface area contributed by atoms with Crippen LogP contribution in [0.25, 0.3) is 0 Å². The fraction of sp³-hybridized carbons (Fsp3) is 0.714. The van der Waals surface area contributed by atoms with Crippen LogP contribution >= 0.6 is 0 Å². The van der Waals surface area contributed by atoms with Crippen LogP contribution in [0.2, 0.25) is 0 Å². The molecule has 6 nitrogen and oxygen atoms in total. The molecular formula is C28H37F4N3O3. The van der Waals surface area contributed by atoms with Gasteiger partial charge in [0, 0.05) is 57.4 Å². The number of hydrogen-bond acceptors (Lipinski definition) is 4. The van der Waals surface area contributed by atoms with Crippen LogP contribution in [-0.2, 0) is 15.8 Å². The van der Waals surface area contributed by atoms with Gasteiger partial charge in [0.15, 0.2) is 0 Å². The fourth-order valence-electron chi connectivity index (χ4n) is 6.94. The Bertz CT molecular complexity index is 1030. The summed E-state index contributed by atoms with van der Waals surface area (Å²) in [7, 11) is 0. The summed E-state index contributed by atoms with van der Waals surface area (Å²) in [4.78, 5) is 30.2. The van der Waals surface area contributed by atoms with E-state index in [9.17, 15) is 27.9 Å². The van der Waals surface area contributed by atoms with Crippen LogP contribution in [0.3, 0.4) is 0 Å². The lowest BCUT2D eigenvalue weighted by Crippen LogP contribution is -2.50. The zero-order valence-electron chi connectivity index (χ0n) is 21.7. The van der Waals surface area contributed by atoms with Gasteiger partial charge in [0.2, 0.25) is 5.67 Å². The molecule has 1 aromatic rings. The molecule has 0 radical (unpaired) electrons. The predicted octanol–water partition coefficient (Wildman–Crippen LogP) is 5.07. The minimum absolute atomic E-state index is 0.0531. The number of piperidine rings is 2. The van der Waals surface area contributed by atoms with Crippen LogP contribution in [0, 0.1) is 5.92 Å². The first-order chi connectivity index (χ1) is 18.0. The van der Waals surface area contributed by atoms with E-state index in [4.69, 9.17) is 0 Å². The maximum atomic E-state index is 15.8. The average Bonchev–Trinajstić information content (AvgIpc) is 3.58. The molecule has 4 aliphatic rings. The van der Waals surface area contributed by atoms with Crippen molar-refractivity contribution in [3.63, 3.8) is 0 Å². The molecule has 3 saturated heterocycles. The van der Waals surface area contributed by atoms with Crippen molar-refractivity contribution >= 4 is 17.6 Å². The number of aliphatic carboxylic acids is 1. The normalized spacial score (nSPS) is 26.8. The zero-order valence-corrected chi connectivity index (χ0v) is 21.7. The van der Waals surface area contributed by atoms with Crippen molar-refractivity contribution in [3.8, 4) is 0 Å². The molecule has 0 spiro atoms. The zero-order chi connectivity index (χ0) is 27.1. The van der Waals surface area contributed by atoms with Crippen molar-refractivity contribution < 1.29 is 32.3 Å². The van der Waals surface area contributed by atoms with E-state index in [0.29, 0.717) is 70.1 Å². The van der Waals surface area contributed by atoms with E-state index >= 15 is 4.39 Å². The number of benzene rings is 1. The van der Waals surface area contributed by atoms with Crippen molar-refractivity contribution in [2.45, 2.75) is 81.6 Å². The molecule has 1 saturated carbocycles. The first-order valence-electron chi connectivity index (χ1n) is 14.0. The monoisotopic (exact) mass is 539 g/mol. The number of amides is 1. The minimum atomic E-state index is -4.48. The van der Waals surface area contributed by atoms with E-state index in [1.54, 1.807) is 4.90 Å². The van der Waals surface area contributed by atoms with E-state index in [1.807, 2.05) is 4.90 Å². The van der Waals surface area contributed by atoms with Gasteiger partial charge in [0.25, 0.3) is 5.91 Å². The Morgan fingerprint density at radius 1 is 0.921 bits per heavy atom. The number of nitrogens with zero attached hydrogens (tertiary/aromatic N) is 3. The average molecular weight is 540 g/mol. The van der Waals surface area contributed by atoms with Gasteiger partial charge in [-0.2, -0.15) is 13.2 Å². The lowest BCUT2D eigenvalue weighted by molar-refractivity contribution is -0.144. The number of hydrogen-bond donors (Lipinski definition) is 1. The standard InChI is InChI=1S/C28H37F4N3O3/c29-27(11-16-35(18-27)22-3-1-2-4-22)26(38)34-14-7-19(8-15-34)23-6-5-21(28(30,31)32)17-24(23)33-12-9-20(10-13-33)25(36)37/h5-6,17,19-20,22H,1-4,7-16,18H2,(H,36,37)/t27-/m1/s1. The Kier molecular flexibility index (Phi) is 7.64. The van der Waals surface area contributed by atoms with Gasteiger partial charge in [-0.05, 0) is 62.1 Å². The molecule has 5 rings (SSSR count). The second-order valence-corrected chi connectivity index (χ2v) is 11.6. The van der Waals surface area contributed by atoms with E-state index < -0.39 is 35.2 Å². The Labute approximate surface area is 220 Å². The molecule has 3 heterocycles. The minimum Gasteiger partial charge on any atom is -0.481 e. The van der Waals surface area contributed by atoms with Gasteiger partial charge in [-0.1, -0.05) is 18.9 Å². The summed E-state index contributed by atoms with van der Waals surface area (Å²) in [6.45, 7) is 2.28. The summed E-state index contributed by atoms with van der Waals surface area (Å²) in [5, 5.41) is 9.31. The van der Waals surface area contributed by atoms with Gasteiger partial charge in [0.1, 0.15) is 0 Å². The number of halogens is 4. The Morgan fingerprint density at radius 2 is 1.58 bits per heavy atom. The van der Waals surface area contributed by atoms with E-state index in [0.717, 1.165) is 37.3 Å². The molecule has 0 bridgehead atoms. The molecule has 210 valence electrons. The van der Waals surface area contributed by atoms with E-state index in [2.05, 4.69) is 4.90 Å². The molecule has 1 aliphatic carbocycles. The van der Waals surface area contributed by atoms with E-state index in [1.165, 1.54) is 12.1 Å². The van der Waals surface area contributed by atoms with Gasteiger partial charge in [-0.25, -0.2) is 4.39 Å². The number of anilines is 1. The predicted molar refractivity (Wildman–Crippen MR) is 135 cm³/mol. The highest BCUT2D eigenvalue weighted by Crippen LogP contribution is 2.41. The summed E-state index contributed by atoms with van der Waals surface area (Å²) in [5.74, 6) is -1.85. The van der Waals surface area contributed by atoms with Gasteiger partial charge >= 0.3 is 12.1 Å². The molecule has 1 atom stereocenters. The number of alkyl halides is 4. The third-order valence-electron chi connectivity index (χ3n) is 9.24. The molecule has 3 aliphatic heterocycles. The van der Waals surface area contributed by atoms with E-state index in [-0.39, 0.29) is 18.9 Å². The summed E-state index contributed by atoms with van der Waals surface area (Å²) in [6, 6.07) is 4.20. The summed E-state index contributed by atoms with van der Waals surface area (Å²) >= 11 is 0. The Hall–Kier alpha value is -2.36. The van der Waals surface area contributed by atoms with Crippen molar-refractivity contribution in [1.29, 1.82) is 0 Å². The molecular weight excluding hydrogens is 502 g/mol. The Balaban J connectivity index is 1.27. The van der Waals surface area contributed by atoms with Crippen LogP contribution in [-0.4, -0.2) is 77.8 Å². The molecule has 10 heteroatoms. The number of likely N-dealkylation sites (tertiary alicyclic amines) is 2. The van der Waals surface area contributed by atoms with Crippen LogP contribution in [0.4, 0.5) is 23.2 Å². The van der Waals surface area contributed by atoms with Crippen LogP contribution in [0.15, 0.2) is 18.2 Å². The molecule has 38 heavy (non-hydrogen) atoms. The summed E-state index contributed by atoms with van der Waals surface area (Å²) in [5.41, 5.74) is -1.29. The number of carboxylic acid groups (broad SMARTS) is 1. The lowest BCUT2D eigenvalue weighted by Gasteiger charge is -2.38. The first-order valence-corrected chi connectivity index (χ1v) is 14.0.